The van der Waals surface area contributed by atoms with Crippen molar-refractivity contribution in [2.24, 2.45) is 0 Å². The second-order valence-electron chi connectivity index (χ2n) is 8.16. The van der Waals surface area contributed by atoms with Gasteiger partial charge >= 0.3 is 5.97 Å². The highest BCUT2D eigenvalue weighted by Gasteiger charge is 2.29. The van der Waals surface area contributed by atoms with E-state index in [4.69, 9.17) is 30.5 Å². The van der Waals surface area contributed by atoms with Crippen LogP contribution in [0.25, 0.3) is 0 Å². The molecule has 4 rings (SSSR count). The van der Waals surface area contributed by atoms with Gasteiger partial charge in [0, 0.05) is 23.7 Å². The lowest BCUT2D eigenvalue weighted by Gasteiger charge is -2.24. The summed E-state index contributed by atoms with van der Waals surface area (Å²) >= 11 is 6.36. The Labute approximate surface area is 213 Å². The number of carboxylic acid groups (broad SMARTS) is 1. The molecule has 1 atom stereocenters. The minimum atomic E-state index is -0.916. The maximum absolute atomic E-state index is 12.6. The molecule has 188 valence electrons. The molecule has 0 saturated carbocycles. The molecule has 8 nitrogen and oxygen atoms in total. The molecule has 0 radical (unpaired) electrons. The van der Waals surface area contributed by atoms with E-state index in [0.717, 1.165) is 17.1 Å². The van der Waals surface area contributed by atoms with E-state index in [1.807, 2.05) is 18.2 Å². The number of rotatable bonds is 9. The van der Waals surface area contributed by atoms with Gasteiger partial charge in [0.1, 0.15) is 28.7 Å². The van der Waals surface area contributed by atoms with Gasteiger partial charge in [-0.15, -0.1) is 0 Å². The number of ether oxygens (including phenoxy) is 4. The number of nitrogens with one attached hydrogen (secondary N) is 1. The fourth-order valence-electron chi connectivity index (χ4n) is 4.02. The first-order valence-electron chi connectivity index (χ1n) is 11.4. The van der Waals surface area contributed by atoms with Crippen LogP contribution < -0.4 is 24.3 Å². The van der Waals surface area contributed by atoms with Crippen LogP contribution in [0, 0.1) is 0 Å². The lowest BCUT2D eigenvalue weighted by molar-refractivity contribution is -0.139. The quantitative estimate of drug-likeness (QED) is 0.413. The summed E-state index contributed by atoms with van der Waals surface area (Å²) in [7, 11) is 3.20. The molecule has 0 spiro atoms. The van der Waals surface area contributed by atoms with E-state index < -0.39 is 11.9 Å². The number of halogens is 1. The minimum absolute atomic E-state index is 0.219. The van der Waals surface area contributed by atoms with Crippen molar-refractivity contribution < 1.29 is 33.6 Å². The van der Waals surface area contributed by atoms with Crippen molar-refractivity contribution in [2.45, 2.75) is 18.8 Å². The van der Waals surface area contributed by atoms with Crippen LogP contribution in [-0.2, 0) is 11.2 Å². The molecule has 2 N–H and O–H groups in total. The molecule has 1 amide bonds. The van der Waals surface area contributed by atoms with Crippen molar-refractivity contribution in [3.05, 3.63) is 76.3 Å². The molecule has 3 aromatic carbocycles. The predicted molar refractivity (Wildman–Crippen MR) is 134 cm³/mol. The fraction of sp³-hybridized carbons (Fsp3) is 0.259. The van der Waals surface area contributed by atoms with E-state index >= 15 is 0 Å². The first kappa shape index (κ1) is 25.2. The van der Waals surface area contributed by atoms with Gasteiger partial charge in [-0.1, -0.05) is 11.6 Å². The van der Waals surface area contributed by atoms with Crippen molar-refractivity contribution in [1.82, 2.24) is 5.32 Å². The average molecular weight is 512 g/mol. The normalized spacial score (nSPS) is 14.2. The minimum Gasteiger partial charge on any atom is -0.497 e. The molecule has 9 heteroatoms. The smallest absolute Gasteiger partial charge is 0.311 e. The number of benzene rings is 3. The second kappa shape index (κ2) is 11.2. The summed E-state index contributed by atoms with van der Waals surface area (Å²) in [6, 6.07) is 15.3. The largest absolute Gasteiger partial charge is 0.497 e. The molecule has 0 fully saturated rings. The number of fused-ring (bicyclic) bond motifs is 1. The van der Waals surface area contributed by atoms with Crippen LogP contribution in [0.3, 0.4) is 0 Å². The lowest BCUT2D eigenvalue weighted by atomic mass is 9.93. The summed E-state index contributed by atoms with van der Waals surface area (Å²) in [4.78, 5) is 24.1. The maximum atomic E-state index is 12.6. The first-order chi connectivity index (χ1) is 17.4. The van der Waals surface area contributed by atoms with Gasteiger partial charge in [-0.3, -0.25) is 9.59 Å². The highest BCUT2D eigenvalue weighted by atomic mass is 35.5. The van der Waals surface area contributed by atoms with Crippen LogP contribution in [-0.4, -0.2) is 44.4 Å². The standard InChI is InChI=1S/C27H26ClNO7/c1-33-19-7-8-23(34-2)17(13-19)9-11-29-26(30)16-3-5-18(6-4-16)36-25-15-24-21(14-22(25)28)20(27(31)32)10-12-35-24/h3-8,13-15,20H,9-12H2,1-2H3,(H,29,30)(H,31,32). The zero-order valence-corrected chi connectivity index (χ0v) is 20.6. The summed E-state index contributed by atoms with van der Waals surface area (Å²) in [5.41, 5.74) is 1.94. The molecule has 1 aliphatic rings. The molecule has 1 unspecified atom stereocenters. The van der Waals surface area contributed by atoms with Crippen LogP contribution in [0.4, 0.5) is 0 Å². The number of carboxylic acids is 1. The zero-order valence-electron chi connectivity index (χ0n) is 19.9. The third-order valence-corrected chi connectivity index (χ3v) is 6.21. The number of aliphatic carboxylic acids is 1. The Morgan fingerprint density at radius 3 is 2.47 bits per heavy atom. The molecule has 0 aliphatic carbocycles. The number of hydrogen-bond donors (Lipinski definition) is 2. The Kier molecular flexibility index (Phi) is 7.85. The predicted octanol–water partition coefficient (Wildman–Crippen LogP) is 5.07. The van der Waals surface area contributed by atoms with Crippen molar-refractivity contribution >= 4 is 23.5 Å². The van der Waals surface area contributed by atoms with E-state index in [1.165, 1.54) is 0 Å². The molecule has 3 aromatic rings. The number of methoxy groups -OCH3 is 2. The van der Waals surface area contributed by atoms with Gasteiger partial charge in [0.15, 0.2) is 0 Å². The molecular formula is C27H26ClNO7. The Hall–Kier alpha value is -3.91. The maximum Gasteiger partial charge on any atom is 0.311 e. The third kappa shape index (κ3) is 5.66. The van der Waals surface area contributed by atoms with E-state index in [-0.39, 0.29) is 10.9 Å². The zero-order chi connectivity index (χ0) is 25.7. The Morgan fingerprint density at radius 2 is 1.78 bits per heavy atom. The third-order valence-electron chi connectivity index (χ3n) is 5.91. The van der Waals surface area contributed by atoms with E-state index in [9.17, 15) is 14.7 Å². The molecular weight excluding hydrogens is 486 g/mol. The van der Waals surface area contributed by atoms with Crippen LogP contribution in [0.2, 0.25) is 5.02 Å². The van der Waals surface area contributed by atoms with Gasteiger partial charge < -0.3 is 29.4 Å². The molecule has 0 saturated heterocycles. The van der Waals surface area contributed by atoms with Crippen LogP contribution >= 0.6 is 11.6 Å². The molecule has 36 heavy (non-hydrogen) atoms. The van der Waals surface area contributed by atoms with Crippen LogP contribution in [0.1, 0.15) is 33.8 Å². The number of hydrogen-bond acceptors (Lipinski definition) is 6. The summed E-state index contributed by atoms with van der Waals surface area (Å²) in [5.74, 6) is 0.909. The average Bonchev–Trinajstić information content (AvgIpc) is 2.89. The van der Waals surface area contributed by atoms with E-state index in [0.29, 0.717) is 54.4 Å². The van der Waals surface area contributed by atoms with Crippen molar-refractivity contribution in [3.63, 3.8) is 0 Å². The van der Waals surface area contributed by atoms with Crippen molar-refractivity contribution in [2.75, 3.05) is 27.4 Å². The second-order valence-corrected chi connectivity index (χ2v) is 8.57. The topological polar surface area (TPSA) is 103 Å². The number of amides is 1. The highest BCUT2D eigenvalue weighted by molar-refractivity contribution is 6.32. The lowest BCUT2D eigenvalue weighted by Crippen LogP contribution is -2.25. The van der Waals surface area contributed by atoms with Gasteiger partial charge in [-0.05, 0) is 66.9 Å². The molecule has 1 aliphatic heterocycles. The van der Waals surface area contributed by atoms with Crippen molar-refractivity contribution in [1.29, 1.82) is 0 Å². The molecule has 0 bridgehead atoms. The number of carbonyl (C=O) groups excluding carboxylic acids is 1. The summed E-state index contributed by atoms with van der Waals surface area (Å²) in [5, 5.41) is 12.6. The fourth-order valence-corrected chi connectivity index (χ4v) is 4.23. The van der Waals surface area contributed by atoms with Crippen LogP contribution in [0.15, 0.2) is 54.6 Å². The van der Waals surface area contributed by atoms with Gasteiger partial charge in [0.25, 0.3) is 5.91 Å². The monoisotopic (exact) mass is 511 g/mol. The summed E-state index contributed by atoms with van der Waals surface area (Å²) in [6.45, 7) is 0.724. The van der Waals surface area contributed by atoms with Gasteiger partial charge in [0.05, 0.1) is 31.8 Å². The van der Waals surface area contributed by atoms with Crippen molar-refractivity contribution in [3.8, 4) is 28.7 Å². The molecule has 0 aromatic heterocycles. The summed E-state index contributed by atoms with van der Waals surface area (Å²) < 4.78 is 22.1. The highest BCUT2D eigenvalue weighted by Crippen LogP contribution is 2.41. The van der Waals surface area contributed by atoms with Gasteiger partial charge in [-0.2, -0.15) is 0 Å². The SMILES string of the molecule is COc1ccc(OC)c(CCNC(=O)c2ccc(Oc3cc4c(cc3Cl)C(C(=O)O)CCO4)cc2)c1. The van der Waals surface area contributed by atoms with E-state index in [2.05, 4.69) is 5.32 Å². The van der Waals surface area contributed by atoms with E-state index in [1.54, 1.807) is 50.6 Å². The summed E-state index contributed by atoms with van der Waals surface area (Å²) in [6.07, 6.45) is 0.963. The van der Waals surface area contributed by atoms with Crippen LogP contribution in [0.5, 0.6) is 28.7 Å². The van der Waals surface area contributed by atoms with Gasteiger partial charge in [0.2, 0.25) is 0 Å². The van der Waals surface area contributed by atoms with Gasteiger partial charge in [-0.25, -0.2) is 0 Å². The Balaban J connectivity index is 1.38. The number of carbonyl (C=O) groups is 2. The Bertz CT molecular complexity index is 1260. The Morgan fingerprint density at radius 1 is 1.03 bits per heavy atom. The first-order valence-corrected chi connectivity index (χ1v) is 11.7. The molecule has 1 heterocycles.